The highest BCUT2D eigenvalue weighted by Gasteiger charge is 2.22. The summed E-state index contributed by atoms with van der Waals surface area (Å²) < 4.78 is 5.15. The summed E-state index contributed by atoms with van der Waals surface area (Å²) >= 11 is 1.65. The lowest BCUT2D eigenvalue weighted by molar-refractivity contribution is -0.129. The number of carbonyl (C=O) groups is 1. The largest absolute Gasteiger partial charge is 0.361 e. The van der Waals surface area contributed by atoms with Crippen molar-refractivity contribution in [1.82, 2.24) is 15.4 Å². The van der Waals surface area contributed by atoms with Crippen molar-refractivity contribution in [3.8, 4) is 0 Å². The highest BCUT2D eigenvalue weighted by molar-refractivity contribution is 7.99. The zero-order valence-corrected chi connectivity index (χ0v) is 14.7. The van der Waals surface area contributed by atoms with Gasteiger partial charge in [0.05, 0.1) is 11.4 Å². The maximum atomic E-state index is 12.3. The van der Waals surface area contributed by atoms with Crippen LogP contribution >= 0.6 is 11.8 Å². The molecule has 22 heavy (non-hydrogen) atoms. The fourth-order valence-corrected chi connectivity index (χ4v) is 3.93. The zero-order valence-electron chi connectivity index (χ0n) is 13.9. The molecule has 0 radical (unpaired) electrons. The Kier molecular flexibility index (Phi) is 6.76. The molecule has 6 heteroatoms. The predicted molar refractivity (Wildman–Crippen MR) is 90.0 cm³/mol. The first-order valence-corrected chi connectivity index (χ1v) is 9.19. The molecule has 124 valence electrons. The minimum absolute atomic E-state index is 0.267. The molecular weight excluding hydrogens is 298 g/mol. The molecule has 0 spiro atoms. The average Bonchev–Trinajstić information content (AvgIpc) is 2.85. The molecule has 5 nitrogen and oxygen atoms in total. The zero-order chi connectivity index (χ0) is 15.9. The summed E-state index contributed by atoms with van der Waals surface area (Å²) in [5, 5.41) is 7.15. The van der Waals surface area contributed by atoms with Crippen molar-refractivity contribution in [3.63, 3.8) is 0 Å². The second-order valence-electron chi connectivity index (χ2n) is 6.01. The monoisotopic (exact) mass is 325 g/mol. The number of amides is 1. The van der Waals surface area contributed by atoms with Crippen molar-refractivity contribution in [3.05, 3.63) is 17.0 Å². The van der Waals surface area contributed by atoms with E-state index in [1.54, 1.807) is 11.8 Å². The highest BCUT2D eigenvalue weighted by atomic mass is 32.2. The molecule has 1 aromatic rings. The molecule has 1 fully saturated rings. The van der Waals surface area contributed by atoms with E-state index in [4.69, 9.17) is 4.52 Å². The van der Waals surface area contributed by atoms with Gasteiger partial charge in [0, 0.05) is 24.4 Å². The number of hydrogen-bond acceptors (Lipinski definition) is 5. The molecule has 1 amide bonds. The molecule has 0 atom stereocenters. The van der Waals surface area contributed by atoms with Crippen molar-refractivity contribution >= 4 is 17.7 Å². The minimum atomic E-state index is 0.267. The van der Waals surface area contributed by atoms with Gasteiger partial charge in [0.1, 0.15) is 5.76 Å². The Labute approximate surface area is 137 Å². The fourth-order valence-electron chi connectivity index (χ4n) is 2.86. The number of nitrogens with one attached hydrogen (secondary N) is 1. The molecule has 1 aliphatic rings. The summed E-state index contributed by atoms with van der Waals surface area (Å²) in [5.74, 6) is 3.25. The molecule has 2 heterocycles. The quantitative estimate of drug-likeness (QED) is 0.834. The Bertz CT molecular complexity index is 462. The van der Waals surface area contributed by atoms with Crippen LogP contribution in [0.15, 0.2) is 4.52 Å². The van der Waals surface area contributed by atoms with Crippen molar-refractivity contribution in [2.45, 2.75) is 38.9 Å². The smallest absolute Gasteiger partial charge is 0.232 e. The maximum absolute atomic E-state index is 12.3. The average molecular weight is 325 g/mol. The predicted octanol–water partition coefficient (Wildman–Crippen LogP) is 2.37. The number of likely N-dealkylation sites (tertiary alicyclic amines) is 1. The normalized spacial score (nSPS) is 16.2. The third-order valence-electron chi connectivity index (χ3n) is 4.42. The molecule has 0 unspecified atom stereocenters. The van der Waals surface area contributed by atoms with Crippen LogP contribution in [-0.4, -0.2) is 48.4 Å². The minimum Gasteiger partial charge on any atom is -0.361 e. The number of carbonyl (C=O) groups excluding carboxylic acids is 1. The van der Waals surface area contributed by atoms with Crippen molar-refractivity contribution in [1.29, 1.82) is 0 Å². The summed E-state index contributed by atoms with van der Waals surface area (Å²) in [6, 6.07) is 0. The number of nitrogens with zero attached hydrogens (tertiary/aromatic N) is 2. The second-order valence-corrected chi connectivity index (χ2v) is 7.00. The first kappa shape index (κ1) is 17.3. The van der Waals surface area contributed by atoms with Crippen LogP contribution in [0.3, 0.4) is 0 Å². The molecule has 0 aliphatic carbocycles. The van der Waals surface area contributed by atoms with Gasteiger partial charge in [-0.25, -0.2) is 0 Å². The summed E-state index contributed by atoms with van der Waals surface area (Å²) in [6.45, 7) is 6.78. The van der Waals surface area contributed by atoms with E-state index in [-0.39, 0.29) is 5.91 Å². The summed E-state index contributed by atoms with van der Waals surface area (Å²) in [5.41, 5.74) is 2.06. The molecule has 0 aromatic carbocycles. The number of aryl methyl sites for hydroxylation is 2. The first-order chi connectivity index (χ1) is 10.6. The van der Waals surface area contributed by atoms with E-state index in [2.05, 4.69) is 10.5 Å². The number of rotatable bonds is 7. The van der Waals surface area contributed by atoms with Crippen molar-refractivity contribution in [2.75, 3.05) is 32.4 Å². The van der Waals surface area contributed by atoms with Crippen LogP contribution in [-0.2, 0) is 10.5 Å². The van der Waals surface area contributed by atoms with E-state index in [0.29, 0.717) is 5.75 Å². The standard InChI is InChI=1S/C16H27N3O2S/c1-12-15(13(2)21-18-12)10-22-11-16(20)19-8-5-14(6-9-19)4-7-17-3/h14,17H,4-11H2,1-3H3. The molecule has 2 rings (SSSR count). The lowest BCUT2D eigenvalue weighted by Gasteiger charge is -2.32. The number of hydrogen-bond donors (Lipinski definition) is 1. The molecule has 1 aliphatic heterocycles. The Morgan fingerprint density at radius 3 is 2.73 bits per heavy atom. The number of thioether (sulfide) groups is 1. The van der Waals surface area contributed by atoms with E-state index in [1.165, 1.54) is 6.42 Å². The lowest BCUT2D eigenvalue weighted by Crippen LogP contribution is -2.39. The van der Waals surface area contributed by atoms with E-state index in [9.17, 15) is 4.79 Å². The molecule has 1 aromatic heterocycles. The molecule has 0 saturated carbocycles. The van der Waals surface area contributed by atoms with Gasteiger partial charge in [-0.2, -0.15) is 0 Å². The Morgan fingerprint density at radius 2 is 2.14 bits per heavy atom. The van der Waals surface area contributed by atoms with Gasteiger partial charge in [0.25, 0.3) is 0 Å². The van der Waals surface area contributed by atoms with Gasteiger partial charge in [-0.15, -0.1) is 11.8 Å². The van der Waals surface area contributed by atoms with E-state index in [1.807, 2.05) is 25.8 Å². The van der Waals surface area contributed by atoms with Gasteiger partial charge in [-0.3, -0.25) is 4.79 Å². The summed E-state index contributed by atoms with van der Waals surface area (Å²) in [4.78, 5) is 14.3. The molecule has 0 bridgehead atoms. The van der Waals surface area contributed by atoms with E-state index < -0.39 is 0 Å². The van der Waals surface area contributed by atoms with Crippen LogP contribution < -0.4 is 5.32 Å². The van der Waals surface area contributed by atoms with E-state index >= 15 is 0 Å². The first-order valence-electron chi connectivity index (χ1n) is 8.03. The SMILES string of the molecule is CNCCC1CCN(C(=O)CSCc2c(C)noc2C)CC1. The number of piperidine rings is 1. The Balaban J connectivity index is 1.68. The maximum Gasteiger partial charge on any atom is 0.232 e. The molecule has 1 saturated heterocycles. The van der Waals surface area contributed by atoms with Crippen LogP contribution in [0.5, 0.6) is 0 Å². The van der Waals surface area contributed by atoms with Gasteiger partial charge >= 0.3 is 0 Å². The molecule has 1 N–H and O–H groups in total. The van der Waals surface area contributed by atoms with Crippen molar-refractivity contribution in [2.24, 2.45) is 5.92 Å². The van der Waals surface area contributed by atoms with Crippen LogP contribution in [0, 0.1) is 19.8 Å². The van der Waals surface area contributed by atoms with Crippen LogP contribution in [0.2, 0.25) is 0 Å². The highest BCUT2D eigenvalue weighted by Crippen LogP contribution is 2.22. The van der Waals surface area contributed by atoms with Gasteiger partial charge in [-0.05, 0) is 52.6 Å². The summed E-state index contributed by atoms with van der Waals surface area (Å²) in [7, 11) is 1.99. The lowest BCUT2D eigenvalue weighted by atomic mass is 9.93. The van der Waals surface area contributed by atoms with Crippen LogP contribution in [0.25, 0.3) is 0 Å². The van der Waals surface area contributed by atoms with Gasteiger partial charge < -0.3 is 14.7 Å². The van der Waals surface area contributed by atoms with Crippen LogP contribution in [0.1, 0.15) is 36.3 Å². The van der Waals surface area contributed by atoms with Gasteiger partial charge in [-0.1, -0.05) is 5.16 Å². The Morgan fingerprint density at radius 1 is 1.41 bits per heavy atom. The Hall–Kier alpha value is -1.01. The second kappa shape index (κ2) is 8.58. The third-order valence-corrected chi connectivity index (χ3v) is 5.37. The fraction of sp³-hybridized carbons (Fsp3) is 0.750. The van der Waals surface area contributed by atoms with Gasteiger partial charge in [0.2, 0.25) is 5.91 Å². The molecular formula is C16H27N3O2S. The van der Waals surface area contributed by atoms with Gasteiger partial charge in [0.15, 0.2) is 0 Å². The van der Waals surface area contributed by atoms with Crippen molar-refractivity contribution < 1.29 is 9.32 Å². The van der Waals surface area contributed by atoms with E-state index in [0.717, 1.165) is 61.2 Å². The summed E-state index contributed by atoms with van der Waals surface area (Å²) in [6.07, 6.45) is 3.50. The van der Waals surface area contributed by atoms with Crippen LogP contribution in [0.4, 0.5) is 0 Å². The third kappa shape index (κ3) is 4.74. The topological polar surface area (TPSA) is 58.4 Å². The number of aromatic nitrogens is 1.